The summed E-state index contributed by atoms with van der Waals surface area (Å²) in [6, 6.07) is 4.29. The second-order valence-corrected chi connectivity index (χ2v) is 3.83. The standard InChI is InChI=1S/C13H10F3NO3/c1-2-19-12(18)10-7-20-11(17-10)8-3-5-9(6-4-8)13(14,15)16/h3-7H,2H2,1H3. The van der Waals surface area contributed by atoms with E-state index in [-0.39, 0.29) is 18.2 Å². The molecule has 0 amide bonds. The molecule has 0 radical (unpaired) electrons. The number of halogens is 3. The molecule has 0 fully saturated rings. The molecule has 2 rings (SSSR count). The number of aromatic nitrogens is 1. The van der Waals surface area contributed by atoms with E-state index in [2.05, 4.69) is 4.98 Å². The predicted octanol–water partition coefficient (Wildman–Crippen LogP) is 3.54. The van der Waals surface area contributed by atoms with Crippen molar-refractivity contribution in [1.82, 2.24) is 4.98 Å². The summed E-state index contributed by atoms with van der Waals surface area (Å²) in [6.07, 6.45) is -3.30. The lowest BCUT2D eigenvalue weighted by Gasteiger charge is -2.05. The maximum atomic E-state index is 12.4. The van der Waals surface area contributed by atoms with Crippen LogP contribution in [0.15, 0.2) is 34.9 Å². The second-order valence-electron chi connectivity index (χ2n) is 3.83. The van der Waals surface area contributed by atoms with Gasteiger partial charge in [-0.3, -0.25) is 0 Å². The number of alkyl halides is 3. The first-order chi connectivity index (χ1) is 9.41. The van der Waals surface area contributed by atoms with Crippen LogP contribution >= 0.6 is 0 Å². The zero-order chi connectivity index (χ0) is 14.8. The Hall–Kier alpha value is -2.31. The Bertz CT molecular complexity index is 602. The van der Waals surface area contributed by atoms with Gasteiger partial charge in [-0.2, -0.15) is 13.2 Å². The summed E-state index contributed by atoms with van der Waals surface area (Å²) < 4.78 is 47.0. The van der Waals surface area contributed by atoms with Gasteiger partial charge in [0.15, 0.2) is 5.69 Å². The van der Waals surface area contributed by atoms with E-state index in [0.717, 1.165) is 18.4 Å². The molecule has 106 valence electrons. The molecule has 0 spiro atoms. The van der Waals surface area contributed by atoms with Crippen LogP contribution in [0.25, 0.3) is 11.5 Å². The topological polar surface area (TPSA) is 52.3 Å². The largest absolute Gasteiger partial charge is 0.461 e. The minimum atomic E-state index is -4.40. The fraction of sp³-hybridized carbons (Fsp3) is 0.231. The van der Waals surface area contributed by atoms with Crippen LogP contribution in [0.3, 0.4) is 0 Å². The van der Waals surface area contributed by atoms with Crippen molar-refractivity contribution in [2.24, 2.45) is 0 Å². The van der Waals surface area contributed by atoms with Crippen molar-refractivity contribution in [3.8, 4) is 11.5 Å². The highest BCUT2D eigenvalue weighted by Gasteiger charge is 2.30. The number of ether oxygens (including phenoxy) is 1. The number of hydrogen-bond donors (Lipinski definition) is 0. The third-order valence-electron chi connectivity index (χ3n) is 2.45. The zero-order valence-electron chi connectivity index (χ0n) is 10.4. The minimum Gasteiger partial charge on any atom is -0.461 e. The summed E-state index contributed by atoms with van der Waals surface area (Å²) in [5.74, 6) is -0.587. The number of oxazole rings is 1. The molecule has 0 N–H and O–H groups in total. The summed E-state index contributed by atoms with van der Waals surface area (Å²) in [7, 11) is 0. The molecule has 2 aromatic rings. The van der Waals surface area contributed by atoms with Gasteiger partial charge in [-0.25, -0.2) is 9.78 Å². The highest BCUT2D eigenvalue weighted by atomic mass is 19.4. The molecule has 0 bridgehead atoms. The summed E-state index contributed by atoms with van der Waals surface area (Å²) in [5, 5.41) is 0. The molecular weight excluding hydrogens is 275 g/mol. The normalized spacial score (nSPS) is 11.4. The third kappa shape index (κ3) is 2.98. The number of hydrogen-bond acceptors (Lipinski definition) is 4. The number of rotatable bonds is 3. The Kier molecular flexibility index (Phi) is 3.78. The lowest BCUT2D eigenvalue weighted by Crippen LogP contribution is -2.05. The second kappa shape index (κ2) is 5.36. The van der Waals surface area contributed by atoms with Gasteiger partial charge in [0.25, 0.3) is 0 Å². The predicted molar refractivity (Wildman–Crippen MR) is 62.9 cm³/mol. The monoisotopic (exact) mass is 285 g/mol. The van der Waals surface area contributed by atoms with Crippen LogP contribution in [-0.4, -0.2) is 17.6 Å². The van der Waals surface area contributed by atoms with Crippen molar-refractivity contribution in [1.29, 1.82) is 0 Å². The molecule has 1 aromatic carbocycles. The molecule has 0 aliphatic heterocycles. The molecule has 7 heteroatoms. The smallest absolute Gasteiger partial charge is 0.416 e. The summed E-state index contributed by atoms with van der Waals surface area (Å²) >= 11 is 0. The molecule has 1 aromatic heterocycles. The summed E-state index contributed by atoms with van der Waals surface area (Å²) in [6.45, 7) is 1.84. The molecule has 0 saturated carbocycles. The Morgan fingerprint density at radius 2 is 1.95 bits per heavy atom. The molecule has 0 atom stereocenters. The molecule has 4 nitrogen and oxygen atoms in total. The first-order valence-corrected chi connectivity index (χ1v) is 5.72. The van der Waals surface area contributed by atoms with E-state index in [9.17, 15) is 18.0 Å². The quantitative estimate of drug-likeness (QED) is 0.809. The average Bonchev–Trinajstić information content (AvgIpc) is 2.88. The Balaban J connectivity index is 2.22. The van der Waals surface area contributed by atoms with E-state index >= 15 is 0 Å². The first kappa shape index (κ1) is 14.1. The van der Waals surface area contributed by atoms with Gasteiger partial charge >= 0.3 is 12.1 Å². The Labute approximate surface area is 112 Å². The van der Waals surface area contributed by atoms with Crippen molar-refractivity contribution in [2.75, 3.05) is 6.61 Å². The van der Waals surface area contributed by atoms with Crippen molar-refractivity contribution >= 4 is 5.97 Å². The van der Waals surface area contributed by atoms with Gasteiger partial charge in [-0.1, -0.05) is 0 Å². The number of nitrogens with zero attached hydrogens (tertiary/aromatic N) is 1. The lowest BCUT2D eigenvalue weighted by atomic mass is 10.1. The van der Waals surface area contributed by atoms with E-state index < -0.39 is 17.7 Å². The van der Waals surface area contributed by atoms with Crippen molar-refractivity contribution in [2.45, 2.75) is 13.1 Å². The Morgan fingerprint density at radius 3 is 2.50 bits per heavy atom. The van der Waals surface area contributed by atoms with Crippen molar-refractivity contribution < 1.29 is 27.1 Å². The van der Waals surface area contributed by atoms with Crippen LogP contribution in [0.4, 0.5) is 13.2 Å². The zero-order valence-corrected chi connectivity index (χ0v) is 10.4. The van der Waals surface area contributed by atoms with E-state index in [1.807, 2.05) is 0 Å². The van der Waals surface area contributed by atoms with Crippen LogP contribution < -0.4 is 0 Å². The van der Waals surface area contributed by atoms with E-state index in [4.69, 9.17) is 9.15 Å². The average molecular weight is 285 g/mol. The third-order valence-corrected chi connectivity index (χ3v) is 2.45. The molecule has 0 aliphatic carbocycles. The van der Waals surface area contributed by atoms with Gasteiger partial charge in [0.1, 0.15) is 6.26 Å². The van der Waals surface area contributed by atoms with Crippen LogP contribution in [-0.2, 0) is 10.9 Å². The van der Waals surface area contributed by atoms with Crippen molar-refractivity contribution in [3.63, 3.8) is 0 Å². The number of benzene rings is 1. The first-order valence-electron chi connectivity index (χ1n) is 5.72. The van der Waals surface area contributed by atoms with E-state index in [0.29, 0.717) is 5.56 Å². The number of carbonyl (C=O) groups is 1. The molecule has 0 aliphatic rings. The highest BCUT2D eigenvalue weighted by molar-refractivity contribution is 5.87. The van der Waals surface area contributed by atoms with Gasteiger partial charge in [0.05, 0.1) is 12.2 Å². The summed E-state index contributed by atoms with van der Waals surface area (Å²) in [4.78, 5) is 15.2. The van der Waals surface area contributed by atoms with Crippen molar-refractivity contribution in [3.05, 3.63) is 41.8 Å². The Morgan fingerprint density at radius 1 is 1.30 bits per heavy atom. The number of esters is 1. The van der Waals surface area contributed by atoms with E-state index in [1.54, 1.807) is 6.92 Å². The maximum absolute atomic E-state index is 12.4. The molecule has 20 heavy (non-hydrogen) atoms. The van der Waals surface area contributed by atoms with Gasteiger partial charge in [0.2, 0.25) is 5.89 Å². The fourth-order valence-corrected chi connectivity index (χ4v) is 1.51. The van der Waals surface area contributed by atoms with Crippen LogP contribution in [0, 0.1) is 0 Å². The molecule has 1 heterocycles. The van der Waals surface area contributed by atoms with Crippen LogP contribution in [0.1, 0.15) is 23.0 Å². The molecular formula is C13H10F3NO3. The lowest BCUT2D eigenvalue weighted by molar-refractivity contribution is -0.137. The molecule has 0 saturated heterocycles. The van der Waals surface area contributed by atoms with Gasteiger partial charge in [-0.05, 0) is 31.2 Å². The van der Waals surface area contributed by atoms with Crippen LogP contribution in [0.2, 0.25) is 0 Å². The maximum Gasteiger partial charge on any atom is 0.416 e. The SMILES string of the molecule is CCOC(=O)c1coc(-c2ccc(C(F)(F)F)cc2)n1. The van der Waals surface area contributed by atoms with Gasteiger partial charge < -0.3 is 9.15 Å². The summed E-state index contributed by atoms with van der Waals surface area (Å²) in [5.41, 5.74) is -0.450. The molecule has 0 unspecified atom stereocenters. The van der Waals surface area contributed by atoms with Gasteiger partial charge in [-0.15, -0.1) is 0 Å². The van der Waals surface area contributed by atoms with E-state index in [1.165, 1.54) is 12.1 Å². The fourth-order valence-electron chi connectivity index (χ4n) is 1.51. The van der Waals surface area contributed by atoms with Crippen LogP contribution in [0.5, 0.6) is 0 Å². The minimum absolute atomic E-state index is 0.0262. The van der Waals surface area contributed by atoms with Gasteiger partial charge in [0, 0.05) is 5.56 Å². The number of carbonyl (C=O) groups excluding carboxylic acids is 1. The highest BCUT2D eigenvalue weighted by Crippen LogP contribution is 2.30.